The maximum atomic E-state index is 13.3. The monoisotopic (exact) mass is 286 g/mol. The summed E-state index contributed by atoms with van der Waals surface area (Å²) in [6.07, 6.45) is 2.18. The van der Waals surface area contributed by atoms with Crippen LogP contribution in [0.5, 0.6) is 0 Å². The van der Waals surface area contributed by atoms with Gasteiger partial charge < -0.3 is 5.73 Å². The van der Waals surface area contributed by atoms with Crippen molar-refractivity contribution in [2.45, 2.75) is 24.8 Å². The molecule has 0 bridgehead atoms. The normalized spacial score (nSPS) is 11.8. The van der Waals surface area contributed by atoms with Crippen LogP contribution in [0.1, 0.15) is 18.9 Å². The van der Waals surface area contributed by atoms with Gasteiger partial charge in [0.05, 0.1) is 4.90 Å². The van der Waals surface area contributed by atoms with Crippen molar-refractivity contribution in [1.29, 1.82) is 0 Å². The lowest BCUT2D eigenvalue weighted by Crippen LogP contribution is -2.33. The molecule has 0 atom stereocenters. The first-order chi connectivity index (χ1) is 8.97. The summed E-state index contributed by atoms with van der Waals surface area (Å²) in [7, 11) is -3.75. The van der Waals surface area contributed by atoms with Gasteiger partial charge >= 0.3 is 0 Å². The molecule has 0 radical (unpaired) electrons. The maximum absolute atomic E-state index is 13.3. The van der Waals surface area contributed by atoms with E-state index in [1.165, 1.54) is 22.5 Å². The highest BCUT2D eigenvalue weighted by Gasteiger charge is 2.25. The standard InChI is InChI=1S/C13H19FN2O2S/c1-3-7-16(8-4-2)19(17,18)13-9-12(14)6-5-11(13)10-15/h3,5-6,9H,1,4,7-8,10,15H2,2H3. The average molecular weight is 286 g/mol. The van der Waals surface area contributed by atoms with Crippen LogP contribution in [0, 0.1) is 5.82 Å². The second-order valence-electron chi connectivity index (χ2n) is 4.11. The van der Waals surface area contributed by atoms with Crippen LogP contribution in [-0.2, 0) is 16.6 Å². The molecule has 0 spiro atoms. The molecule has 6 heteroatoms. The van der Waals surface area contributed by atoms with E-state index in [0.717, 1.165) is 6.07 Å². The molecule has 2 N–H and O–H groups in total. The smallest absolute Gasteiger partial charge is 0.243 e. The number of hydrogen-bond acceptors (Lipinski definition) is 3. The van der Waals surface area contributed by atoms with Gasteiger partial charge in [-0.1, -0.05) is 19.1 Å². The number of hydrogen-bond donors (Lipinski definition) is 1. The molecule has 0 fully saturated rings. The molecule has 4 nitrogen and oxygen atoms in total. The lowest BCUT2D eigenvalue weighted by Gasteiger charge is -2.21. The van der Waals surface area contributed by atoms with Gasteiger partial charge in [0, 0.05) is 19.6 Å². The Morgan fingerprint density at radius 3 is 2.68 bits per heavy atom. The largest absolute Gasteiger partial charge is 0.326 e. The molecule has 1 aromatic carbocycles. The minimum Gasteiger partial charge on any atom is -0.326 e. The second kappa shape index (κ2) is 6.79. The zero-order valence-corrected chi connectivity index (χ0v) is 11.8. The van der Waals surface area contributed by atoms with Gasteiger partial charge in [0.2, 0.25) is 10.0 Å². The predicted molar refractivity (Wildman–Crippen MR) is 73.5 cm³/mol. The summed E-state index contributed by atoms with van der Waals surface area (Å²) in [5.41, 5.74) is 5.93. The highest BCUT2D eigenvalue weighted by Crippen LogP contribution is 2.21. The topological polar surface area (TPSA) is 63.4 Å². The molecule has 106 valence electrons. The van der Waals surface area contributed by atoms with Gasteiger partial charge in [0.1, 0.15) is 5.82 Å². The van der Waals surface area contributed by atoms with Crippen LogP contribution in [0.25, 0.3) is 0 Å². The summed E-state index contributed by atoms with van der Waals surface area (Å²) in [5, 5.41) is 0. The highest BCUT2D eigenvalue weighted by molar-refractivity contribution is 7.89. The van der Waals surface area contributed by atoms with Crippen molar-refractivity contribution >= 4 is 10.0 Å². The van der Waals surface area contributed by atoms with E-state index >= 15 is 0 Å². The van der Waals surface area contributed by atoms with Crippen LogP contribution in [0.15, 0.2) is 35.7 Å². The fourth-order valence-electron chi connectivity index (χ4n) is 1.78. The van der Waals surface area contributed by atoms with Crippen LogP contribution >= 0.6 is 0 Å². The lowest BCUT2D eigenvalue weighted by molar-refractivity contribution is 0.440. The van der Waals surface area contributed by atoms with Gasteiger partial charge in [-0.15, -0.1) is 6.58 Å². The first-order valence-electron chi connectivity index (χ1n) is 6.06. The van der Waals surface area contributed by atoms with Crippen LogP contribution < -0.4 is 5.73 Å². The number of nitrogens with zero attached hydrogens (tertiary/aromatic N) is 1. The van der Waals surface area contributed by atoms with Crippen LogP contribution in [0.4, 0.5) is 4.39 Å². The van der Waals surface area contributed by atoms with Crippen LogP contribution in [0.3, 0.4) is 0 Å². The van der Waals surface area contributed by atoms with E-state index in [0.29, 0.717) is 18.5 Å². The Balaban J connectivity index is 3.31. The Bertz CT molecular complexity index is 544. The maximum Gasteiger partial charge on any atom is 0.243 e. The third kappa shape index (κ3) is 3.62. The predicted octanol–water partition coefficient (Wildman–Crippen LogP) is 1.87. The first-order valence-corrected chi connectivity index (χ1v) is 7.50. The van der Waals surface area contributed by atoms with E-state index in [9.17, 15) is 12.8 Å². The zero-order valence-electron chi connectivity index (χ0n) is 11.0. The van der Waals surface area contributed by atoms with Gasteiger partial charge in [-0.3, -0.25) is 0 Å². The van der Waals surface area contributed by atoms with Crippen LogP contribution in [0.2, 0.25) is 0 Å². The number of nitrogens with two attached hydrogens (primary N) is 1. The fraction of sp³-hybridized carbons (Fsp3) is 0.385. The van der Waals surface area contributed by atoms with E-state index in [1.807, 2.05) is 6.92 Å². The van der Waals surface area contributed by atoms with E-state index in [-0.39, 0.29) is 18.0 Å². The number of rotatable bonds is 7. The Morgan fingerprint density at radius 2 is 2.16 bits per heavy atom. The molecule has 0 aliphatic heterocycles. The summed E-state index contributed by atoms with van der Waals surface area (Å²) in [6.45, 7) is 6.01. The van der Waals surface area contributed by atoms with Crippen molar-refractivity contribution in [1.82, 2.24) is 4.31 Å². The van der Waals surface area contributed by atoms with E-state index in [2.05, 4.69) is 6.58 Å². The number of halogens is 1. The molecule has 0 heterocycles. The number of sulfonamides is 1. The molecule has 1 aromatic rings. The molecular weight excluding hydrogens is 267 g/mol. The molecule has 0 aliphatic rings. The quantitative estimate of drug-likeness (QED) is 0.778. The summed E-state index contributed by atoms with van der Waals surface area (Å²) < 4.78 is 39.6. The highest BCUT2D eigenvalue weighted by atomic mass is 32.2. The van der Waals surface area contributed by atoms with Crippen molar-refractivity contribution in [3.05, 3.63) is 42.2 Å². The van der Waals surface area contributed by atoms with E-state index in [4.69, 9.17) is 5.73 Å². The second-order valence-corrected chi connectivity index (χ2v) is 6.01. The summed E-state index contributed by atoms with van der Waals surface area (Å²) in [5.74, 6) is -0.592. The van der Waals surface area contributed by atoms with Crippen LogP contribution in [-0.4, -0.2) is 25.8 Å². The molecular formula is C13H19FN2O2S. The molecule has 0 aromatic heterocycles. The van der Waals surface area contributed by atoms with Gasteiger partial charge in [0.25, 0.3) is 0 Å². The Hall–Kier alpha value is -1.24. The number of benzene rings is 1. The van der Waals surface area contributed by atoms with E-state index in [1.54, 1.807) is 0 Å². The van der Waals surface area contributed by atoms with Gasteiger partial charge in [0.15, 0.2) is 0 Å². The average Bonchev–Trinajstić information content (AvgIpc) is 2.38. The van der Waals surface area contributed by atoms with Crippen molar-refractivity contribution in [2.75, 3.05) is 13.1 Å². The lowest BCUT2D eigenvalue weighted by atomic mass is 10.2. The molecule has 1 rings (SSSR count). The molecule has 19 heavy (non-hydrogen) atoms. The van der Waals surface area contributed by atoms with Gasteiger partial charge in [-0.05, 0) is 24.1 Å². The third-order valence-corrected chi connectivity index (χ3v) is 4.62. The Kier molecular flexibility index (Phi) is 5.65. The molecule has 0 amide bonds. The Labute approximate surface area is 113 Å². The van der Waals surface area contributed by atoms with Gasteiger partial charge in [-0.2, -0.15) is 4.31 Å². The minimum absolute atomic E-state index is 0.0445. The summed E-state index contributed by atoms with van der Waals surface area (Å²) in [4.78, 5) is -0.0645. The summed E-state index contributed by atoms with van der Waals surface area (Å²) in [6, 6.07) is 3.63. The fourth-order valence-corrected chi connectivity index (χ4v) is 3.53. The first kappa shape index (κ1) is 15.8. The molecule has 0 unspecified atom stereocenters. The van der Waals surface area contributed by atoms with Crippen molar-refractivity contribution < 1.29 is 12.8 Å². The summed E-state index contributed by atoms with van der Waals surface area (Å²) >= 11 is 0. The van der Waals surface area contributed by atoms with Crippen molar-refractivity contribution in [3.63, 3.8) is 0 Å². The van der Waals surface area contributed by atoms with Crippen molar-refractivity contribution in [3.8, 4) is 0 Å². The SMILES string of the molecule is C=CCN(CCC)S(=O)(=O)c1cc(F)ccc1CN. The minimum atomic E-state index is -3.75. The molecule has 0 saturated heterocycles. The zero-order chi connectivity index (χ0) is 14.5. The Morgan fingerprint density at radius 1 is 1.47 bits per heavy atom. The van der Waals surface area contributed by atoms with Crippen molar-refractivity contribution in [2.24, 2.45) is 5.73 Å². The van der Waals surface area contributed by atoms with E-state index < -0.39 is 15.8 Å². The third-order valence-electron chi connectivity index (χ3n) is 2.67. The van der Waals surface area contributed by atoms with Gasteiger partial charge in [-0.25, -0.2) is 12.8 Å². The molecule has 0 saturated carbocycles. The molecule has 0 aliphatic carbocycles.